The average molecular weight is 312 g/mol. The molecule has 3 nitrogen and oxygen atoms in total. The maximum atomic E-state index is 11.3. The molecule has 1 heterocycles. The summed E-state index contributed by atoms with van der Waals surface area (Å²) < 4.78 is 2.58. The summed E-state index contributed by atoms with van der Waals surface area (Å²) in [5, 5.41) is 4.17. The number of hydrogen-bond acceptors (Lipinski definition) is 1. The number of carbonyl (C=O) groups is 1. The van der Waals surface area contributed by atoms with Gasteiger partial charge in [-0.05, 0) is 56.6 Å². The van der Waals surface area contributed by atoms with Crippen molar-refractivity contribution in [1.82, 2.24) is 9.88 Å². The summed E-state index contributed by atoms with van der Waals surface area (Å²) in [6, 6.07) is 6.73. The largest absolute Gasteiger partial charge is 0.359 e. The zero-order chi connectivity index (χ0) is 16.2. The topological polar surface area (TPSA) is 34.0 Å². The highest BCUT2D eigenvalue weighted by molar-refractivity contribution is 5.88. The van der Waals surface area contributed by atoms with Crippen molar-refractivity contribution < 1.29 is 4.79 Å². The van der Waals surface area contributed by atoms with Crippen molar-refractivity contribution >= 4 is 16.8 Å². The van der Waals surface area contributed by atoms with Crippen LogP contribution in [0.1, 0.15) is 55.3 Å². The molecule has 3 rings (SSSR count). The lowest BCUT2D eigenvalue weighted by atomic mass is 9.95. The van der Waals surface area contributed by atoms with Gasteiger partial charge in [0.05, 0.1) is 5.52 Å². The number of aromatic nitrogens is 1. The van der Waals surface area contributed by atoms with E-state index in [-0.39, 0.29) is 5.91 Å². The second kappa shape index (κ2) is 7.20. The van der Waals surface area contributed by atoms with Crippen LogP contribution in [0.4, 0.5) is 0 Å². The van der Waals surface area contributed by atoms with E-state index in [9.17, 15) is 4.79 Å². The highest BCUT2D eigenvalue weighted by atomic mass is 16.1. The van der Waals surface area contributed by atoms with E-state index in [0.717, 1.165) is 25.8 Å². The molecule has 3 heteroatoms. The van der Waals surface area contributed by atoms with Crippen LogP contribution in [0.5, 0.6) is 0 Å². The highest BCUT2D eigenvalue weighted by Gasteiger charge is 2.20. The summed E-state index contributed by atoms with van der Waals surface area (Å²) in [7, 11) is 1.71. The van der Waals surface area contributed by atoms with Gasteiger partial charge in [-0.2, -0.15) is 0 Å². The third-order valence-electron chi connectivity index (χ3n) is 5.16. The average Bonchev–Trinajstić information content (AvgIpc) is 2.90. The maximum absolute atomic E-state index is 11.3. The fourth-order valence-corrected chi connectivity index (χ4v) is 3.98. The molecule has 1 aromatic carbocycles. The Morgan fingerprint density at radius 3 is 2.83 bits per heavy atom. The SMILES string of the molecule is CNC(=O)CCCCCn1c2c(c3cccc(C)c31)CCCC2. The van der Waals surface area contributed by atoms with Gasteiger partial charge in [-0.25, -0.2) is 0 Å². The molecule has 1 amide bonds. The molecule has 0 saturated carbocycles. The number of nitrogens with one attached hydrogen (secondary N) is 1. The van der Waals surface area contributed by atoms with Gasteiger partial charge in [0.2, 0.25) is 5.91 Å². The molecule has 0 spiro atoms. The minimum Gasteiger partial charge on any atom is -0.359 e. The van der Waals surface area contributed by atoms with Gasteiger partial charge in [0.25, 0.3) is 0 Å². The van der Waals surface area contributed by atoms with Crippen molar-refractivity contribution in [2.75, 3.05) is 7.05 Å². The zero-order valence-corrected chi connectivity index (χ0v) is 14.5. The van der Waals surface area contributed by atoms with E-state index in [1.807, 2.05) is 0 Å². The van der Waals surface area contributed by atoms with Crippen molar-refractivity contribution in [2.45, 2.75) is 64.8 Å². The number of aryl methyl sites for hydroxylation is 3. The molecule has 2 aromatic rings. The number of unbranched alkanes of at least 4 members (excludes halogenated alkanes) is 2. The minimum absolute atomic E-state index is 0.157. The number of amides is 1. The van der Waals surface area contributed by atoms with Crippen LogP contribution in [0.2, 0.25) is 0 Å². The third kappa shape index (κ3) is 3.29. The molecule has 0 unspecified atom stereocenters. The molecule has 0 aliphatic heterocycles. The fourth-order valence-electron chi connectivity index (χ4n) is 3.98. The Morgan fingerprint density at radius 1 is 1.17 bits per heavy atom. The minimum atomic E-state index is 0.157. The van der Waals surface area contributed by atoms with Crippen LogP contribution in [0.25, 0.3) is 10.9 Å². The monoisotopic (exact) mass is 312 g/mol. The predicted molar refractivity (Wildman–Crippen MR) is 95.9 cm³/mol. The van der Waals surface area contributed by atoms with Crippen LogP contribution in [0.15, 0.2) is 18.2 Å². The Bertz CT molecular complexity index is 699. The van der Waals surface area contributed by atoms with Gasteiger partial charge in [-0.3, -0.25) is 4.79 Å². The lowest BCUT2D eigenvalue weighted by molar-refractivity contribution is -0.120. The second-order valence-corrected chi connectivity index (χ2v) is 6.74. The predicted octanol–water partition coefficient (Wildman–Crippen LogP) is 4.13. The molecule has 1 aromatic heterocycles. The van der Waals surface area contributed by atoms with Crippen molar-refractivity contribution in [3.05, 3.63) is 35.0 Å². The Hall–Kier alpha value is -1.77. The van der Waals surface area contributed by atoms with Gasteiger partial charge in [-0.1, -0.05) is 24.6 Å². The number of carbonyl (C=O) groups excluding carboxylic acids is 1. The lowest BCUT2D eigenvalue weighted by Crippen LogP contribution is -2.17. The van der Waals surface area contributed by atoms with Crippen molar-refractivity contribution in [2.24, 2.45) is 0 Å². The van der Waals surface area contributed by atoms with Crippen LogP contribution in [0.3, 0.4) is 0 Å². The Kier molecular flexibility index (Phi) is 5.04. The van der Waals surface area contributed by atoms with Gasteiger partial charge in [0, 0.05) is 31.1 Å². The van der Waals surface area contributed by atoms with E-state index >= 15 is 0 Å². The molecule has 1 aliphatic carbocycles. The van der Waals surface area contributed by atoms with Crippen LogP contribution in [0, 0.1) is 6.92 Å². The molecule has 1 N–H and O–H groups in total. The van der Waals surface area contributed by atoms with Crippen molar-refractivity contribution in [1.29, 1.82) is 0 Å². The van der Waals surface area contributed by atoms with E-state index in [1.165, 1.54) is 42.1 Å². The fraction of sp³-hybridized carbons (Fsp3) is 0.550. The van der Waals surface area contributed by atoms with Crippen LogP contribution in [-0.2, 0) is 24.2 Å². The number of hydrogen-bond donors (Lipinski definition) is 1. The Labute approximate surface area is 139 Å². The van der Waals surface area contributed by atoms with E-state index in [1.54, 1.807) is 18.3 Å². The molecule has 0 saturated heterocycles. The number of benzene rings is 1. The van der Waals surface area contributed by atoms with Gasteiger partial charge in [0.15, 0.2) is 0 Å². The summed E-state index contributed by atoms with van der Waals surface area (Å²) in [6.07, 6.45) is 9.02. The quantitative estimate of drug-likeness (QED) is 0.799. The van der Waals surface area contributed by atoms with E-state index in [2.05, 4.69) is 35.0 Å². The molecule has 0 bridgehead atoms. The summed E-state index contributed by atoms with van der Waals surface area (Å²) >= 11 is 0. The van der Waals surface area contributed by atoms with Crippen molar-refractivity contribution in [3.63, 3.8) is 0 Å². The lowest BCUT2D eigenvalue weighted by Gasteiger charge is -2.16. The van der Waals surface area contributed by atoms with E-state index in [0.29, 0.717) is 6.42 Å². The smallest absolute Gasteiger partial charge is 0.219 e. The first-order valence-electron chi connectivity index (χ1n) is 9.02. The summed E-state index contributed by atoms with van der Waals surface area (Å²) in [5.74, 6) is 0.157. The van der Waals surface area contributed by atoms with Gasteiger partial charge in [0.1, 0.15) is 0 Å². The first-order chi connectivity index (χ1) is 11.2. The van der Waals surface area contributed by atoms with E-state index in [4.69, 9.17) is 0 Å². The van der Waals surface area contributed by atoms with Crippen LogP contribution < -0.4 is 5.32 Å². The molecule has 23 heavy (non-hydrogen) atoms. The first kappa shape index (κ1) is 16.1. The summed E-state index contributed by atoms with van der Waals surface area (Å²) in [5.41, 5.74) is 6.01. The van der Waals surface area contributed by atoms with Crippen LogP contribution >= 0.6 is 0 Å². The number of rotatable bonds is 6. The summed E-state index contributed by atoms with van der Waals surface area (Å²) in [6.45, 7) is 3.32. The number of para-hydroxylation sites is 1. The number of fused-ring (bicyclic) bond motifs is 3. The first-order valence-corrected chi connectivity index (χ1v) is 9.02. The zero-order valence-electron chi connectivity index (χ0n) is 14.5. The molecule has 0 atom stereocenters. The Morgan fingerprint density at radius 2 is 2.00 bits per heavy atom. The maximum Gasteiger partial charge on any atom is 0.219 e. The molecule has 0 fully saturated rings. The number of nitrogens with zero attached hydrogens (tertiary/aromatic N) is 1. The van der Waals surface area contributed by atoms with Gasteiger partial charge in [-0.15, -0.1) is 0 Å². The summed E-state index contributed by atoms with van der Waals surface area (Å²) in [4.78, 5) is 11.3. The molecular formula is C20H28N2O. The second-order valence-electron chi connectivity index (χ2n) is 6.74. The molecule has 0 radical (unpaired) electrons. The third-order valence-corrected chi connectivity index (χ3v) is 5.16. The van der Waals surface area contributed by atoms with Gasteiger partial charge >= 0.3 is 0 Å². The molecule has 124 valence electrons. The normalized spacial score (nSPS) is 14.0. The van der Waals surface area contributed by atoms with Crippen molar-refractivity contribution in [3.8, 4) is 0 Å². The highest BCUT2D eigenvalue weighted by Crippen LogP contribution is 2.34. The van der Waals surface area contributed by atoms with E-state index < -0.39 is 0 Å². The Balaban J connectivity index is 1.76. The van der Waals surface area contributed by atoms with Crippen LogP contribution in [-0.4, -0.2) is 17.5 Å². The molecule has 1 aliphatic rings. The van der Waals surface area contributed by atoms with Gasteiger partial charge < -0.3 is 9.88 Å². The molecular weight excluding hydrogens is 284 g/mol. The standard InChI is InChI=1S/C20H28N2O/c1-15-9-8-11-17-16-10-5-6-12-18(16)22(20(15)17)14-7-3-4-13-19(23)21-2/h8-9,11H,3-7,10,12-14H2,1-2H3,(H,21,23).